The van der Waals surface area contributed by atoms with Gasteiger partial charge in [0.15, 0.2) is 0 Å². The Hall–Kier alpha value is -2.33. The van der Waals surface area contributed by atoms with Crippen molar-refractivity contribution < 1.29 is 20.0 Å². The number of nitrogens with two attached hydrogens (primary N) is 2. The molecule has 6 N–H and O–H groups in total. The summed E-state index contributed by atoms with van der Waals surface area (Å²) in [6, 6.07) is 0. The summed E-state index contributed by atoms with van der Waals surface area (Å²) in [7, 11) is 0. The van der Waals surface area contributed by atoms with Gasteiger partial charge in [0.2, 0.25) is 0 Å². The standard InChI is InChI=1S/C14H26N6O4/c1-9(8-24-23)18-12(16)14(4,5)20-19-13(2,3)11(15)17-7-6-10(21)22/h23H,1,6-8H2,2-5H3,(H2,15,17)(H2,16,18)(H,21,22). The van der Waals surface area contributed by atoms with Crippen LogP contribution in [-0.2, 0) is 9.68 Å². The van der Waals surface area contributed by atoms with Gasteiger partial charge in [-0.2, -0.15) is 10.2 Å². The minimum atomic E-state index is -0.955. The minimum Gasteiger partial charge on any atom is -0.481 e. The maximum Gasteiger partial charge on any atom is 0.305 e. The zero-order chi connectivity index (χ0) is 19.0. The Balaban J connectivity index is 5.11. The Morgan fingerprint density at radius 2 is 1.62 bits per heavy atom. The van der Waals surface area contributed by atoms with E-state index in [2.05, 4.69) is 31.7 Å². The SMILES string of the molecule is C=C(COO)N=C(N)C(C)(C)N=NC(C)(C)C(N)=NCCC(=O)O. The number of hydrogen-bond acceptors (Lipinski definition) is 7. The van der Waals surface area contributed by atoms with Crippen molar-refractivity contribution in [2.75, 3.05) is 13.2 Å². The van der Waals surface area contributed by atoms with Gasteiger partial charge in [-0.25, -0.2) is 9.88 Å². The van der Waals surface area contributed by atoms with Crippen LogP contribution in [0, 0.1) is 0 Å². The molecule has 0 radical (unpaired) electrons. The highest BCUT2D eigenvalue weighted by molar-refractivity contribution is 5.91. The summed E-state index contributed by atoms with van der Waals surface area (Å²) in [4.78, 5) is 22.4. The number of aliphatic carboxylic acids is 1. The summed E-state index contributed by atoms with van der Waals surface area (Å²) >= 11 is 0. The van der Waals surface area contributed by atoms with E-state index >= 15 is 0 Å². The van der Waals surface area contributed by atoms with Crippen molar-refractivity contribution in [1.29, 1.82) is 0 Å². The molecule has 0 heterocycles. The van der Waals surface area contributed by atoms with Crippen molar-refractivity contribution in [2.24, 2.45) is 31.7 Å². The van der Waals surface area contributed by atoms with Crippen molar-refractivity contribution >= 4 is 17.6 Å². The molecule has 0 saturated heterocycles. The fraction of sp³-hybridized carbons (Fsp3) is 0.643. The van der Waals surface area contributed by atoms with Crippen LogP contribution >= 0.6 is 0 Å². The number of azo groups is 1. The first-order valence-electron chi connectivity index (χ1n) is 7.17. The molecule has 0 amide bonds. The molecule has 0 aliphatic heterocycles. The van der Waals surface area contributed by atoms with Gasteiger partial charge in [-0.05, 0) is 27.7 Å². The molecule has 0 bridgehead atoms. The normalized spacial score (nSPS) is 14.2. The monoisotopic (exact) mass is 342 g/mol. The molecule has 0 aliphatic carbocycles. The molecule has 0 aromatic heterocycles. The molecule has 10 nitrogen and oxygen atoms in total. The largest absolute Gasteiger partial charge is 0.481 e. The molecule has 0 unspecified atom stereocenters. The minimum absolute atomic E-state index is 0.0636. The van der Waals surface area contributed by atoms with E-state index in [-0.39, 0.29) is 36.9 Å². The third-order valence-corrected chi connectivity index (χ3v) is 2.92. The summed E-state index contributed by atoms with van der Waals surface area (Å²) < 4.78 is 0. The zero-order valence-electron chi connectivity index (χ0n) is 14.5. The molecule has 24 heavy (non-hydrogen) atoms. The second-order valence-corrected chi connectivity index (χ2v) is 6.07. The molecular formula is C14H26N6O4. The van der Waals surface area contributed by atoms with E-state index in [1.807, 2.05) is 0 Å². The lowest BCUT2D eigenvalue weighted by Gasteiger charge is -2.22. The molecule has 0 saturated carbocycles. The van der Waals surface area contributed by atoms with Crippen molar-refractivity contribution in [3.63, 3.8) is 0 Å². The highest BCUT2D eigenvalue weighted by Crippen LogP contribution is 2.17. The molecule has 0 rings (SSSR count). The number of aliphatic imine (C=N–C) groups is 2. The molecule has 10 heteroatoms. The Morgan fingerprint density at radius 3 is 2.08 bits per heavy atom. The average molecular weight is 342 g/mol. The van der Waals surface area contributed by atoms with Crippen LogP contribution in [0.2, 0.25) is 0 Å². The predicted molar refractivity (Wildman–Crippen MR) is 91.1 cm³/mol. The molecular weight excluding hydrogens is 316 g/mol. The maximum atomic E-state index is 10.5. The number of nitrogens with zero attached hydrogens (tertiary/aromatic N) is 4. The van der Waals surface area contributed by atoms with E-state index in [1.54, 1.807) is 27.7 Å². The van der Waals surface area contributed by atoms with Crippen LogP contribution in [0.3, 0.4) is 0 Å². The van der Waals surface area contributed by atoms with Crippen LogP contribution in [-0.4, -0.2) is 52.2 Å². The Bertz CT molecular complexity index is 551. The topological polar surface area (TPSA) is 168 Å². The maximum absolute atomic E-state index is 10.5. The van der Waals surface area contributed by atoms with Gasteiger partial charge in [0, 0.05) is 0 Å². The summed E-state index contributed by atoms with van der Waals surface area (Å²) in [5.74, 6) is -0.662. The first kappa shape index (κ1) is 21.7. The van der Waals surface area contributed by atoms with Crippen LogP contribution in [0.15, 0.2) is 32.5 Å². The number of hydrogen-bond donors (Lipinski definition) is 4. The third kappa shape index (κ3) is 7.79. The fourth-order valence-corrected chi connectivity index (χ4v) is 1.23. The number of amidine groups is 2. The second kappa shape index (κ2) is 9.08. The average Bonchev–Trinajstić information content (AvgIpc) is 2.45. The lowest BCUT2D eigenvalue weighted by atomic mass is 10.0. The van der Waals surface area contributed by atoms with Gasteiger partial charge >= 0.3 is 5.97 Å². The van der Waals surface area contributed by atoms with Crippen LogP contribution in [0.25, 0.3) is 0 Å². The zero-order valence-corrected chi connectivity index (χ0v) is 14.5. The highest BCUT2D eigenvalue weighted by atomic mass is 17.1. The summed E-state index contributed by atoms with van der Waals surface area (Å²) in [5.41, 5.74) is 10.1. The molecule has 0 atom stereocenters. The summed E-state index contributed by atoms with van der Waals surface area (Å²) in [6.07, 6.45) is -0.117. The van der Waals surface area contributed by atoms with Crippen molar-refractivity contribution in [2.45, 2.75) is 45.2 Å². The molecule has 0 aliphatic rings. The van der Waals surface area contributed by atoms with E-state index in [9.17, 15) is 4.79 Å². The van der Waals surface area contributed by atoms with Crippen molar-refractivity contribution in [1.82, 2.24) is 0 Å². The summed E-state index contributed by atoms with van der Waals surface area (Å²) in [6.45, 7) is 10.2. The summed E-state index contributed by atoms with van der Waals surface area (Å²) in [5, 5.41) is 25.3. The van der Waals surface area contributed by atoms with E-state index in [4.69, 9.17) is 21.8 Å². The quantitative estimate of drug-likeness (QED) is 0.153. The molecule has 0 spiro atoms. The Labute approximate surface area is 141 Å². The number of rotatable bonds is 10. The smallest absolute Gasteiger partial charge is 0.305 e. The van der Waals surface area contributed by atoms with E-state index in [0.717, 1.165) is 0 Å². The van der Waals surface area contributed by atoms with Gasteiger partial charge in [-0.3, -0.25) is 15.0 Å². The first-order chi connectivity index (χ1) is 10.9. The lowest BCUT2D eigenvalue weighted by molar-refractivity contribution is -0.234. The first-order valence-corrected chi connectivity index (χ1v) is 7.17. The number of carboxylic acids is 1. The van der Waals surface area contributed by atoms with E-state index < -0.39 is 17.0 Å². The van der Waals surface area contributed by atoms with Gasteiger partial charge in [0.25, 0.3) is 0 Å². The lowest BCUT2D eigenvalue weighted by Crippen LogP contribution is -2.40. The molecule has 0 aromatic carbocycles. The Morgan fingerprint density at radius 1 is 1.12 bits per heavy atom. The number of carboxylic acid groups (broad SMARTS) is 1. The van der Waals surface area contributed by atoms with Crippen molar-refractivity contribution in [3.8, 4) is 0 Å². The second-order valence-electron chi connectivity index (χ2n) is 6.07. The Kier molecular flexibility index (Phi) is 8.20. The predicted octanol–water partition coefficient (Wildman–Crippen LogP) is 1.19. The van der Waals surface area contributed by atoms with Crippen molar-refractivity contribution in [3.05, 3.63) is 12.3 Å². The van der Waals surface area contributed by atoms with E-state index in [1.165, 1.54) is 0 Å². The van der Waals surface area contributed by atoms with Crippen LogP contribution in [0.4, 0.5) is 0 Å². The third-order valence-electron chi connectivity index (χ3n) is 2.92. The molecule has 136 valence electrons. The van der Waals surface area contributed by atoms with Gasteiger partial charge in [-0.15, -0.1) is 0 Å². The van der Waals surface area contributed by atoms with Gasteiger partial charge in [-0.1, -0.05) is 6.58 Å². The van der Waals surface area contributed by atoms with Crippen LogP contribution in [0.5, 0.6) is 0 Å². The molecule has 0 aromatic rings. The van der Waals surface area contributed by atoms with Gasteiger partial charge < -0.3 is 16.6 Å². The van der Waals surface area contributed by atoms with Gasteiger partial charge in [0.1, 0.15) is 29.4 Å². The highest BCUT2D eigenvalue weighted by Gasteiger charge is 2.27. The van der Waals surface area contributed by atoms with Crippen LogP contribution < -0.4 is 11.5 Å². The number of carbonyl (C=O) groups is 1. The van der Waals surface area contributed by atoms with E-state index in [0.29, 0.717) is 0 Å². The van der Waals surface area contributed by atoms with Crippen LogP contribution in [0.1, 0.15) is 34.1 Å². The van der Waals surface area contributed by atoms with Gasteiger partial charge in [0.05, 0.1) is 18.7 Å². The fourth-order valence-electron chi connectivity index (χ4n) is 1.23. The molecule has 0 fully saturated rings.